The van der Waals surface area contributed by atoms with Gasteiger partial charge in [-0.05, 0) is 43.2 Å². The van der Waals surface area contributed by atoms with E-state index in [-0.39, 0.29) is 17.4 Å². The quantitative estimate of drug-likeness (QED) is 0.809. The van der Waals surface area contributed by atoms with Gasteiger partial charge in [-0.2, -0.15) is 0 Å². The van der Waals surface area contributed by atoms with E-state index in [9.17, 15) is 14.4 Å². The molecule has 1 amide bonds. The third-order valence-electron chi connectivity index (χ3n) is 5.08. The maximum atomic E-state index is 13.2. The maximum Gasteiger partial charge on any atom is 0.348 e. The van der Waals surface area contributed by atoms with Crippen molar-refractivity contribution in [3.8, 4) is 0 Å². The molecule has 26 heavy (non-hydrogen) atoms. The van der Waals surface area contributed by atoms with Crippen molar-refractivity contribution < 1.29 is 14.3 Å². The van der Waals surface area contributed by atoms with Gasteiger partial charge in [0.25, 0.3) is 11.5 Å². The molecular formula is C18H19N3O4S. The van der Waals surface area contributed by atoms with Gasteiger partial charge in [-0.15, -0.1) is 11.3 Å². The molecule has 136 valence electrons. The van der Waals surface area contributed by atoms with Crippen LogP contribution >= 0.6 is 11.3 Å². The molecular weight excluding hydrogens is 354 g/mol. The molecule has 0 atom stereocenters. The Hall–Kier alpha value is -2.48. The number of thiophene rings is 1. The lowest BCUT2D eigenvalue weighted by Gasteiger charge is -2.27. The minimum atomic E-state index is -0.371. The number of ether oxygens (including phenoxy) is 1. The summed E-state index contributed by atoms with van der Waals surface area (Å²) in [7, 11) is 1.36. The minimum Gasteiger partial charge on any atom is -0.465 e. The summed E-state index contributed by atoms with van der Waals surface area (Å²) in [5, 5.41) is 0. The van der Waals surface area contributed by atoms with E-state index in [1.807, 2.05) is 0 Å². The number of nitrogens with zero attached hydrogens (tertiary/aromatic N) is 2. The van der Waals surface area contributed by atoms with Crippen LogP contribution < -0.4 is 5.56 Å². The van der Waals surface area contributed by atoms with Crippen LogP contribution in [0, 0.1) is 0 Å². The largest absolute Gasteiger partial charge is 0.465 e. The zero-order chi connectivity index (χ0) is 18.3. The Balaban J connectivity index is 1.68. The molecule has 0 bridgehead atoms. The Kier molecular flexibility index (Phi) is 4.36. The smallest absolute Gasteiger partial charge is 0.348 e. The topological polar surface area (TPSA) is 92.4 Å². The van der Waals surface area contributed by atoms with Crippen LogP contribution in [0.1, 0.15) is 54.6 Å². The number of hydrogen-bond donors (Lipinski definition) is 1. The van der Waals surface area contributed by atoms with Gasteiger partial charge in [0, 0.05) is 12.1 Å². The van der Waals surface area contributed by atoms with Crippen LogP contribution in [0.15, 0.2) is 11.1 Å². The average molecular weight is 373 g/mol. The van der Waals surface area contributed by atoms with E-state index in [2.05, 4.69) is 9.97 Å². The lowest BCUT2D eigenvalue weighted by atomic mass is 9.91. The molecule has 8 heteroatoms. The molecule has 2 aromatic heterocycles. The van der Waals surface area contributed by atoms with Crippen molar-refractivity contribution in [2.24, 2.45) is 0 Å². The van der Waals surface area contributed by atoms with Gasteiger partial charge in [-0.1, -0.05) is 0 Å². The molecule has 0 fully saturated rings. The van der Waals surface area contributed by atoms with E-state index < -0.39 is 0 Å². The number of rotatable bonds is 2. The highest BCUT2D eigenvalue weighted by Crippen LogP contribution is 2.36. The van der Waals surface area contributed by atoms with Gasteiger partial charge in [0.15, 0.2) is 0 Å². The fourth-order valence-electron chi connectivity index (χ4n) is 3.74. The van der Waals surface area contributed by atoms with Crippen molar-refractivity contribution in [2.45, 2.75) is 38.6 Å². The minimum absolute atomic E-state index is 0.0870. The summed E-state index contributed by atoms with van der Waals surface area (Å²) in [5.41, 5.74) is 3.13. The van der Waals surface area contributed by atoms with Crippen LogP contribution in [0.25, 0.3) is 0 Å². The number of methoxy groups -OCH3 is 1. The highest BCUT2D eigenvalue weighted by Gasteiger charge is 2.32. The first kappa shape index (κ1) is 17.0. The van der Waals surface area contributed by atoms with Crippen LogP contribution in [0.5, 0.6) is 0 Å². The number of aromatic nitrogens is 2. The summed E-state index contributed by atoms with van der Waals surface area (Å²) >= 11 is 1.24. The second-order valence-corrected chi connectivity index (χ2v) is 7.57. The number of esters is 1. The number of amides is 1. The summed E-state index contributed by atoms with van der Waals surface area (Å²) in [6.45, 7) is 0.791. The Morgan fingerprint density at radius 2 is 1.88 bits per heavy atom. The highest BCUT2D eigenvalue weighted by atomic mass is 32.1. The van der Waals surface area contributed by atoms with E-state index in [4.69, 9.17) is 4.74 Å². The van der Waals surface area contributed by atoms with E-state index >= 15 is 0 Å². The molecule has 2 aliphatic rings. The van der Waals surface area contributed by atoms with Gasteiger partial charge in [0.2, 0.25) is 0 Å². The SMILES string of the molecule is COC(=O)c1sc(C(=O)N2CCc3c(nc[nH]c3=O)C2)c2c1CCCC2. The summed E-state index contributed by atoms with van der Waals surface area (Å²) < 4.78 is 4.90. The standard InChI is InChI=1S/C18H19N3O4S/c1-25-18(24)15-11-5-3-2-4-10(11)14(26-15)17(23)21-7-6-12-13(8-21)19-9-20-16(12)22/h9H,2-8H2,1H3,(H,19,20,22). The molecule has 0 saturated heterocycles. The van der Waals surface area contributed by atoms with Crippen molar-refractivity contribution in [1.82, 2.24) is 14.9 Å². The van der Waals surface area contributed by atoms with Crippen LogP contribution in [0.2, 0.25) is 0 Å². The van der Waals surface area contributed by atoms with Gasteiger partial charge in [-0.3, -0.25) is 9.59 Å². The molecule has 0 spiro atoms. The number of aromatic amines is 1. The van der Waals surface area contributed by atoms with Gasteiger partial charge in [0.05, 0.1) is 30.6 Å². The van der Waals surface area contributed by atoms with Crippen molar-refractivity contribution in [3.63, 3.8) is 0 Å². The van der Waals surface area contributed by atoms with Crippen molar-refractivity contribution in [2.75, 3.05) is 13.7 Å². The first-order valence-electron chi connectivity index (χ1n) is 8.67. The Morgan fingerprint density at radius 1 is 1.15 bits per heavy atom. The number of fused-ring (bicyclic) bond motifs is 2. The Labute approximate surface area is 154 Å². The number of hydrogen-bond acceptors (Lipinski definition) is 6. The van der Waals surface area contributed by atoms with E-state index in [0.717, 1.165) is 36.8 Å². The highest BCUT2D eigenvalue weighted by molar-refractivity contribution is 7.16. The zero-order valence-corrected chi connectivity index (χ0v) is 15.3. The predicted octanol–water partition coefficient (Wildman–Crippen LogP) is 1.70. The van der Waals surface area contributed by atoms with Crippen LogP contribution in [0.3, 0.4) is 0 Å². The molecule has 3 heterocycles. The van der Waals surface area contributed by atoms with Crippen molar-refractivity contribution >= 4 is 23.2 Å². The first-order valence-corrected chi connectivity index (χ1v) is 9.49. The lowest BCUT2D eigenvalue weighted by Crippen LogP contribution is -2.39. The molecule has 1 aliphatic heterocycles. The molecule has 0 radical (unpaired) electrons. The lowest BCUT2D eigenvalue weighted by molar-refractivity contribution is 0.0604. The van der Waals surface area contributed by atoms with E-state index in [1.54, 1.807) is 4.90 Å². The number of carbonyl (C=O) groups excluding carboxylic acids is 2. The molecule has 2 aromatic rings. The summed E-state index contributed by atoms with van der Waals surface area (Å²) in [4.78, 5) is 46.8. The molecule has 0 saturated carbocycles. The molecule has 7 nitrogen and oxygen atoms in total. The monoisotopic (exact) mass is 373 g/mol. The zero-order valence-electron chi connectivity index (χ0n) is 14.5. The normalized spacial score (nSPS) is 16.0. The van der Waals surface area contributed by atoms with Crippen LogP contribution in [-0.4, -0.2) is 40.4 Å². The third-order valence-corrected chi connectivity index (χ3v) is 6.33. The number of nitrogens with one attached hydrogen (secondary N) is 1. The van der Waals surface area contributed by atoms with Gasteiger partial charge < -0.3 is 14.6 Å². The van der Waals surface area contributed by atoms with Crippen molar-refractivity contribution in [1.29, 1.82) is 0 Å². The summed E-state index contributed by atoms with van der Waals surface area (Å²) in [5.74, 6) is -0.458. The Bertz CT molecular complexity index is 946. The molecule has 1 aliphatic carbocycles. The predicted molar refractivity (Wildman–Crippen MR) is 95.6 cm³/mol. The van der Waals surface area contributed by atoms with Crippen molar-refractivity contribution in [3.05, 3.63) is 48.8 Å². The number of carbonyl (C=O) groups is 2. The second kappa shape index (κ2) is 6.68. The van der Waals surface area contributed by atoms with Gasteiger partial charge in [-0.25, -0.2) is 9.78 Å². The van der Waals surface area contributed by atoms with Crippen LogP contribution in [-0.2, 0) is 30.5 Å². The maximum absolute atomic E-state index is 13.2. The van der Waals surface area contributed by atoms with Gasteiger partial charge in [0.1, 0.15) is 4.88 Å². The fraction of sp³-hybridized carbons (Fsp3) is 0.444. The molecule has 4 rings (SSSR count). The molecule has 0 aromatic carbocycles. The van der Waals surface area contributed by atoms with E-state index in [0.29, 0.717) is 40.5 Å². The summed E-state index contributed by atoms with van der Waals surface area (Å²) in [6, 6.07) is 0. The molecule has 0 unspecified atom stereocenters. The van der Waals surface area contributed by atoms with E-state index in [1.165, 1.54) is 24.8 Å². The second-order valence-electron chi connectivity index (χ2n) is 6.55. The fourth-order valence-corrected chi connectivity index (χ4v) is 5.03. The number of H-pyrrole nitrogens is 1. The van der Waals surface area contributed by atoms with Gasteiger partial charge >= 0.3 is 5.97 Å². The first-order chi connectivity index (χ1) is 12.6. The third kappa shape index (κ3) is 2.74. The average Bonchev–Trinajstić information content (AvgIpc) is 3.06. The van der Waals surface area contributed by atoms with Crippen LogP contribution in [0.4, 0.5) is 0 Å². The Morgan fingerprint density at radius 3 is 2.62 bits per heavy atom. The summed E-state index contributed by atoms with van der Waals surface area (Å²) in [6.07, 6.45) is 5.52. The molecule has 1 N–H and O–H groups in total.